The van der Waals surface area contributed by atoms with Crippen molar-refractivity contribution in [3.8, 4) is 17.1 Å². The van der Waals surface area contributed by atoms with Crippen LogP contribution in [0.2, 0.25) is 0 Å². The Morgan fingerprint density at radius 2 is 1.59 bits per heavy atom. The fraction of sp³-hybridized carbons (Fsp3) is 0.130. The maximum absolute atomic E-state index is 14.3. The molecule has 1 N–H and O–H groups in total. The number of pyridine rings is 1. The first kappa shape index (κ1) is 26.8. The number of carbonyl (C=O) groups is 1. The van der Waals surface area contributed by atoms with E-state index in [1.807, 2.05) is 0 Å². The molecule has 4 aromatic rings. The van der Waals surface area contributed by atoms with Crippen LogP contribution in [0.25, 0.3) is 17.1 Å². The maximum Gasteiger partial charge on any atom is 0.367 e. The van der Waals surface area contributed by atoms with Crippen molar-refractivity contribution in [2.45, 2.75) is 18.8 Å². The van der Waals surface area contributed by atoms with Crippen molar-refractivity contribution in [3.63, 3.8) is 0 Å². The minimum Gasteiger partial charge on any atom is -0.477 e. The molecule has 11 heteroatoms. The summed E-state index contributed by atoms with van der Waals surface area (Å²) in [6.45, 7) is 0.158. The topological polar surface area (TPSA) is 80.9 Å². The molecule has 0 aliphatic carbocycles. The molecule has 0 amide bonds. The number of nitrogens with zero attached hydrogens (tertiary/aromatic N) is 4. The number of benzene rings is 2. The standard InChI is InChI=1S/C17H12F4N3.C6H5NO2.Ir/c1-16(18,19)17(20,21)15-23-22-14(12-8-4-2-5-9-12)24(15)13-10-6-3-7-11-13;8-6(9)5-3-1-2-4-7-5;/h2-8,10-11H,1H3;1-4H,(H,8,9);/q-1;;. The smallest absolute Gasteiger partial charge is 0.367 e. The zero-order valence-electron chi connectivity index (χ0n) is 17.5. The Labute approximate surface area is 205 Å². The number of halogens is 4. The first-order valence-electron chi connectivity index (χ1n) is 9.51. The molecule has 179 valence electrons. The number of rotatable bonds is 5. The van der Waals surface area contributed by atoms with Gasteiger partial charge in [0.1, 0.15) is 5.69 Å². The number of carboxylic acid groups (broad SMARTS) is 1. The van der Waals surface area contributed by atoms with E-state index in [2.05, 4.69) is 21.2 Å². The van der Waals surface area contributed by atoms with Crippen LogP contribution in [0.4, 0.5) is 17.6 Å². The minimum atomic E-state index is -4.48. The van der Waals surface area contributed by atoms with Crippen molar-refractivity contribution >= 4 is 5.97 Å². The SMILES string of the molecule is CC(F)(F)C(F)(F)c1nnc(-c2[c-]cccc2)n1-c1ccccc1.O=C(O)c1ccccn1.[Ir]. The van der Waals surface area contributed by atoms with Crippen LogP contribution in [0.1, 0.15) is 23.2 Å². The third kappa shape index (κ3) is 5.92. The van der Waals surface area contributed by atoms with E-state index in [0.717, 1.165) is 4.57 Å². The molecule has 0 aliphatic rings. The Hall–Kier alpha value is -3.43. The molecule has 4 rings (SSSR count). The van der Waals surface area contributed by atoms with E-state index in [1.165, 1.54) is 24.4 Å². The second kappa shape index (κ2) is 11.1. The van der Waals surface area contributed by atoms with Crippen molar-refractivity contribution in [2.75, 3.05) is 0 Å². The third-order valence-electron chi connectivity index (χ3n) is 4.34. The van der Waals surface area contributed by atoms with Crippen LogP contribution in [0, 0.1) is 6.07 Å². The summed E-state index contributed by atoms with van der Waals surface area (Å²) in [6, 6.07) is 22.1. The summed E-state index contributed by atoms with van der Waals surface area (Å²) in [5, 5.41) is 15.4. The molecule has 2 heterocycles. The van der Waals surface area contributed by atoms with Gasteiger partial charge in [0.05, 0.1) is 5.82 Å². The molecular weight excluding hydrogens is 632 g/mol. The summed E-state index contributed by atoms with van der Waals surface area (Å²) in [5.74, 6) is -10.9. The number of hydrogen-bond donors (Lipinski definition) is 1. The predicted octanol–water partition coefficient (Wildman–Crippen LogP) is 5.26. The molecule has 0 saturated heterocycles. The molecule has 0 aliphatic heterocycles. The zero-order chi connectivity index (χ0) is 24.1. The monoisotopic (exact) mass is 650 g/mol. The fourth-order valence-electron chi connectivity index (χ4n) is 2.70. The van der Waals surface area contributed by atoms with Gasteiger partial charge in [-0.25, -0.2) is 9.78 Å². The Kier molecular flexibility index (Phi) is 8.78. The van der Waals surface area contributed by atoms with Gasteiger partial charge in [-0.15, -0.1) is 41.0 Å². The van der Waals surface area contributed by atoms with Crippen LogP contribution in [-0.2, 0) is 26.0 Å². The second-order valence-corrected chi connectivity index (χ2v) is 6.78. The summed E-state index contributed by atoms with van der Waals surface area (Å²) in [6.07, 6.45) is 1.45. The van der Waals surface area contributed by atoms with E-state index in [1.54, 1.807) is 54.6 Å². The van der Waals surface area contributed by atoms with Crippen LogP contribution < -0.4 is 0 Å². The second-order valence-electron chi connectivity index (χ2n) is 6.78. The van der Waals surface area contributed by atoms with E-state index in [9.17, 15) is 22.4 Å². The number of para-hydroxylation sites is 1. The van der Waals surface area contributed by atoms with E-state index < -0.39 is 23.6 Å². The first-order valence-corrected chi connectivity index (χ1v) is 9.51. The van der Waals surface area contributed by atoms with E-state index >= 15 is 0 Å². The van der Waals surface area contributed by atoms with Crippen molar-refractivity contribution in [1.82, 2.24) is 19.7 Å². The first-order chi connectivity index (χ1) is 15.6. The van der Waals surface area contributed by atoms with Gasteiger partial charge in [-0.2, -0.15) is 22.7 Å². The average molecular weight is 650 g/mol. The van der Waals surface area contributed by atoms with Gasteiger partial charge in [-0.3, -0.25) is 0 Å². The molecule has 0 saturated carbocycles. The van der Waals surface area contributed by atoms with Crippen LogP contribution in [0.3, 0.4) is 0 Å². The zero-order valence-corrected chi connectivity index (χ0v) is 19.9. The Balaban J connectivity index is 0.000000345. The van der Waals surface area contributed by atoms with Crippen LogP contribution >= 0.6 is 0 Å². The average Bonchev–Trinajstić information content (AvgIpc) is 3.26. The molecule has 0 spiro atoms. The van der Waals surface area contributed by atoms with E-state index in [4.69, 9.17) is 5.11 Å². The molecule has 2 aromatic heterocycles. The summed E-state index contributed by atoms with van der Waals surface area (Å²) in [4.78, 5) is 13.7. The Morgan fingerprint density at radius 3 is 2.09 bits per heavy atom. The van der Waals surface area contributed by atoms with E-state index in [0.29, 0.717) is 5.56 Å². The normalized spacial score (nSPS) is 11.1. The third-order valence-corrected chi connectivity index (χ3v) is 4.34. The Morgan fingerprint density at radius 1 is 0.941 bits per heavy atom. The molecule has 0 fully saturated rings. The molecule has 0 atom stereocenters. The molecule has 6 nitrogen and oxygen atoms in total. The summed E-state index contributed by atoms with van der Waals surface area (Å²) in [7, 11) is 0. The number of carboxylic acids is 1. The number of hydrogen-bond acceptors (Lipinski definition) is 4. The van der Waals surface area contributed by atoms with Gasteiger partial charge in [0, 0.05) is 38.9 Å². The quantitative estimate of drug-likeness (QED) is 0.236. The van der Waals surface area contributed by atoms with Gasteiger partial charge < -0.3 is 9.67 Å². The van der Waals surface area contributed by atoms with Crippen LogP contribution in [0.15, 0.2) is 79.0 Å². The van der Waals surface area contributed by atoms with Crippen LogP contribution in [0.5, 0.6) is 0 Å². The molecule has 0 bridgehead atoms. The van der Waals surface area contributed by atoms with Gasteiger partial charge in [0.15, 0.2) is 0 Å². The van der Waals surface area contributed by atoms with Crippen molar-refractivity contribution in [2.24, 2.45) is 0 Å². The molecule has 34 heavy (non-hydrogen) atoms. The Bertz CT molecular complexity index is 1200. The maximum atomic E-state index is 14.3. The molecular formula is C23H17F4IrN4O2-. The molecule has 1 radical (unpaired) electrons. The largest absolute Gasteiger partial charge is 0.477 e. The van der Waals surface area contributed by atoms with E-state index in [-0.39, 0.29) is 44.2 Å². The van der Waals surface area contributed by atoms with Gasteiger partial charge >= 0.3 is 17.8 Å². The summed E-state index contributed by atoms with van der Waals surface area (Å²) >= 11 is 0. The van der Waals surface area contributed by atoms with Gasteiger partial charge in [0.25, 0.3) is 0 Å². The summed E-state index contributed by atoms with van der Waals surface area (Å²) in [5.41, 5.74) is 0.710. The fourth-order valence-corrected chi connectivity index (χ4v) is 2.70. The van der Waals surface area contributed by atoms with Crippen molar-refractivity contribution < 1.29 is 47.6 Å². The van der Waals surface area contributed by atoms with Crippen molar-refractivity contribution in [1.29, 1.82) is 0 Å². The van der Waals surface area contributed by atoms with Gasteiger partial charge in [0.2, 0.25) is 5.82 Å². The molecule has 2 aromatic carbocycles. The van der Waals surface area contributed by atoms with Crippen LogP contribution in [-0.4, -0.2) is 36.7 Å². The number of aromatic carboxylic acids is 1. The molecule has 0 unspecified atom stereocenters. The van der Waals surface area contributed by atoms with Gasteiger partial charge in [-0.05, 0) is 24.3 Å². The number of alkyl halides is 4. The minimum absolute atomic E-state index is 0. The van der Waals surface area contributed by atoms with Gasteiger partial charge in [-0.1, -0.05) is 24.3 Å². The predicted molar refractivity (Wildman–Crippen MR) is 111 cm³/mol. The summed E-state index contributed by atoms with van der Waals surface area (Å²) < 4.78 is 56.4. The number of aromatic nitrogens is 4. The van der Waals surface area contributed by atoms with Crippen molar-refractivity contribution in [3.05, 3.63) is 96.6 Å².